The quantitative estimate of drug-likeness (QED) is 0.662. The monoisotopic (exact) mass is 392 g/mol. The zero-order valence-electron chi connectivity index (χ0n) is 15.6. The maximum absolute atomic E-state index is 12.7. The van der Waals surface area contributed by atoms with Gasteiger partial charge in [0.2, 0.25) is 11.8 Å². The second-order valence-electron chi connectivity index (χ2n) is 6.79. The summed E-state index contributed by atoms with van der Waals surface area (Å²) in [7, 11) is 0. The van der Waals surface area contributed by atoms with Crippen LogP contribution in [0.3, 0.4) is 0 Å². The zero-order valence-corrected chi connectivity index (χ0v) is 15.6. The van der Waals surface area contributed by atoms with Crippen LogP contribution in [0.1, 0.15) is 23.2 Å². The van der Waals surface area contributed by atoms with Crippen LogP contribution in [0.5, 0.6) is 0 Å². The van der Waals surface area contributed by atoms with E-state index in [0.717, 1.165) is 25.2 Å². The molecule has 1 aliphatic rings. The van der Waals surface area contributed by atoms with Crippen molar-refractivity contribution in [3.63, 3.8) is 0 Å². The molecule has 0 saturated carbocycles. The van der Waals surface area contributed by atoms with E-state index in [-0.39, 0.29) is 11.8 Å². The Labute approximate surface area is 166 Å². The summed E-state index contributed by atoms with van der Waals surface area (Å²) in [4.78, 5) is 38.5. The standard InChI is InChI=1S/C19H20N8O2/c20-18(28)13-3-5-15(6-4-13)25-19(29)14-2-1-7-26(9-14)16-8-17(23-11-22-16)27-12-21-10-24-27/h3-6,8,10-12,14H,1-2,7,9H2,(H2,20,28)(H,25,29). The topological polar surface area (TPSA) is 132 Å². The highest BCUT2D eigenvalue weighted by Gasteiger charge is 2.27. The third kappa shape index (κ3) is 4.21. The van der Waals surface area contributed by atoms with Gasteiger partial charge in [-0.2, -0.15) is 5.10 Å². The lowest BCUT2D eigenvalue weighted by molar-refractivity contribution is -0.120. The van der Waals surface area contributed by atoms with Gasteiger partial charge in [0.15, 0.2) is 5.82 Å². The Bertz CT molecular complexity index is 1000. The summed E-state index contributed by atoms with van der Waals surface area (Å²) in [5.74, 6) is 0.625. The number of hydrogen-bond donors (Lipinski definition) is 2. The number of amides is 2. The summed E-state index contributed by atoms with van der Waals surface area (Å²) in [6.07, 6.45) is 6.17. The van der Waals surface area contributed by atoms with Crippen molar-refractivity contribution in [2.75, 3.05) is 23.3 Å². The molecule has 10 nitrogen and oxygen atoms in total. The maximum Gasteiger partial charge on any atom is 0.248 e. The molecule has 29 heavy (non-hydrogen) atoms. The Kier molecular flexibility index (Phi) is 5.14. The van der Waals surface area contributed by atoms with Crippen molar-refractivity contribution in [2.45, 2.75) is 12.8 Å². The molecular weight excluding hydrogens is 372 g/mol. The van der Waals surface area contributed by atoms with Crippen LogP contribution in [0, 0.1) is 5.92 Å². The molecule has 2 aromatic heterocycles. The summed E-state index contributed by atoms with van der Waals surface area (Å²) in [5, 5.41) is 6.99. The van der Waals surface area contributed by atoms with Crippen molar-refractivity contribution in [1.29, 1.82) is 0 Å². The normalized spacial score (nSPS) is 16.4. The van der Waals surface area contributed by atoms with Crippen LogP contribution in [0.2, 0.25) is 0 Å². The van der Waals surface area contributed by atoms with Crippen molar-refractivity contribution < 1.29 is 9.59 Å². The number of carbonyl (C=O) groups excluding carboxylic acids is 2. The summed E-state index contributed by atoms with van der Waals surface area (Å²) in [6.45, 7) is 1.36. The Morgan fingerprint density at radius 2 is 1.90 bits per heavy atom. The van der Waals surface area contributed by atoms with Gasteiger partial charge in [-0.05, 0) is 37.1 Å². The fourth-order valence-electron chi connectivity index (χ4n) is 3.32. The average Bonchev–Trinajstić information content (AvgIpc) is 3.29. The number of carbonyl (C=O) groups is 2. The third-order valence-corrected chi connectivity index (χ3v) is 4.84. The molecule has 0 aliphatic carbocycles. The van der Waals surface area contributed by atoms with Crippen LogP contribution >= 0.6 is 0 Å². The Morgan fingerprint density at radius 3 is 2.62 bits per heavy atom. The van der Waals surface area contributed by atoms with Crippen molar-refractivity contribution in [3.05, 3.63) is 54.9 Å². The Morgan fingerprint density at radius 1 is 1.10 bits per heavy atom. The summed E-state index contributed by atoms with van der Waals surface area (Å²) >= 11 is 0. The van der Waals surface area contributed by atoms with Gasteiger partial charge in [0.1, 0.15) is 24.8 Å². The van der Waals surface area contributed by atoms with Crippen LogP contribution in [0.4, 0.5) is 11.5 Å². The maximum atomic E-state index is 12.7. The Hall–Kier alpha value is -3.82. The second kappa shape index (κ2) is 8.05. The number of nitrogens with zero attached hydrogens (tertiary/aromatic N) is 6. The van der Waals surface area contributed by atoms with E-state index >= 15 is 0 Å². The van der Waals surface area contributed by atoms with Crippen molar-refractivity contribution >= 4 is 23.3 Å². The molecule has 10 heteroatoms. The number of hydrogen-bond acceptors (Lipinski definition) is 7. The lowest BCUT2D eigenvalue weighted by Crippen LogP contribution is -2.41. The molecule has 0 radical (unpaired) electrons. The molecule has 3 heterocycles. The number of anilines is 2. The van der Waals surface area contributed by atoms with Crippen LogP contribution < -0.4 is 16.0 Å². The fraction of sp³-hybridized carbons (Fsp3) is 0.263. The minimum atomic E-state index is -0.499. The van der Waals surface area contributed by atoms with Crippen LogP contribution in [0.25, 0.3) is 5.82 Å². The SMILES string of the molecule is NC(=O)c1ccc(NC(=O)C2CCCN(c3cc(-n4cncn4)ncn3)C2)cc1. The first-order valence-electron chi connectivity index (χ1n) is 9.23. The predicted octanol–water partition coefficient (Wildman–Crippen LogP) is 1.01. The molecule has 1 aliphatic heterocycles. The van der Waals surface area contributed by atoms with Crippen LogP contribution in [-0.2, 0) is 4.79 Å². The summed E-state index contributed by atoms with van der Waals surface area (Å²) in [5.41, 5.74) is 6.28. The lowest BCUT2D eigenvalue weighted by Gasteiger charge is -2.32. The van der Waals surface area contributed by atoms with E-state index in [0.29, 0.717) is 23.6 Å². The molecule has 1 unspecified atom stereocenters. The lowest BCUT2D eigenvalue weighted by atomic mass is 9.97. The largest absolute Gasteiger partial charge is 0.366 e. The highest BCUT2D eigenvalue weighted by Crippen LogP contribution is 2.23. The fourth-order valence-corrected chi connectivity index (χ4v) is 3.32. The smallest absolute Gasteiger partial charge is 0.248 e. The second-order valence-corrected chi connectivity index (χ2v) is 6.79. The molecule has 2 amide bonds. The first kappa shape index (κ1) is 18.5. The van der Waals surface area contributed by atoms with E-state index in [2.05, 4.69) is 30.3 Å². The number of nitrogens with one attached hydrogen (secondary N) is 1. The molecule has 148 valence electrons. The first-order valence-corrected chi connectivity index (χ1v) is 9.23. The molecule has 1 atom stereocenters. The Balaban J connectivity index is 1.43. The van der Waals surface area contributed by atoms with Gasteiger partial charge in [0.05, 0.1) is 5.92 Å². The number of aromatic nitrogens is 5. The molecule has 1 saturated heterocycles. The number of benzene rings is 1. The van der Waals surface area contributed by atoms with E-state index in [1.807, 2.05) is 6.07 Å². The van der Waals surface area contributed by atoms with Gasteiger partial charge in [-0.3, -0.25) is 9.59 Å². The third-order valence-electron chi connectivity index (χ3n) is 4.84. The number of piperidine rings is 1. The van der Waals surface area contributed by atoms with Crippen molar-refractivity contribution in [2.24, 2.45) is 11.7 Å². The van der Waals surface area contributed by atoms with E-state index in [1.54, 1.807) is 35.3 Å². The number of nitrogens with two attached hydrogens (primary N) is 1. The van der Waals surface area contributed by atoms with Gasteiger partial charge >= 0.3 is 0 Å². The van der Waals surface area contributed by atoms with Gasteiger partial charge in [-0.25, -0.2) is 19.6 Å². The van der Waals surface area contributed by atoms with Gasteiger partial charge in [-0.15, -0.1) is 0 Å². The van der Waals surface area contributed by atoms with E-state index in [4.69, 9.17) is 5.73 Å². The molecule has 0 bridgehead atoms. The van der Waals surface area contributed by atoms with Crippen molar-refractivity contribution in [1.82, 2.24) is 24.7 Å². The first-order chi connectivity index (χ1) is 14.1. The molecule has 1 fully saturated rings. The van der Waals surface area contributed by atoms with Crippen LogP contribution in [-0.4, -0.2) is 49.6 Å². The highest BCUT2D eigenvalue weighted by molar-refractivity contribution is 5.95. The predicted molar refractivity (Wildman–Crippen MR) is 105 cm³/mol. The van der Waals surface area contributed by atoms with Gasteiger partial charge < -0.3 is 16.0 Å². The number of rotatable bonds is 5. The van der Waals surface area contributed by atoms with E-state index in [9.17, 15) is 9.59 Å². The molecular formula is C19H20N8O2. The highest BCUT2D eigenvalue weighted by atomic mass is 16.2. The molecule has 0 spiro atoms. The van der Waals surface area contributed by atoms with E-state index < -0.39 is 5.91 Å². The van der Waals surface area contributed by atoms with Crippen LogP contribution in [0.15, 0.2) is 49.3 Å². The van der Waals surface area contributed by atoms with Gasteiger partial charge in [-0.1, -0.05) is 0 Å². The van der Waals surface area contributed by atoms with E-state index in [1.165, 1.54) is 12.7 Å². The zero-order chi connectivity index (χ0) is 20.2. The molecule has 1 aromatic carbocycles. The van der Waals surface area contributed by atoms with Gasteiger partial charge in [0, 0.05) is 30.4 Å². The minimum Gasteiger partial charge on any atom is -0.366 e. The molecule has 4 rings (SSSR count). The summed E-state index contributed by atoms with van der Waals surface area (Å²) < 4.78 is 1.56. The number of primary amides is 1. The molecule has 3 N–H and O–H groups in total. The van der Waals surface area contributed by atoms with Gasteiger partial charge in [0.25, 0.3) is 0 Å². The average molecular weight is 392 g/mol. The van der Waals surface area contributed by atoms with Crippen molar-refractivity contribution in [3.8, 4) is 5.82 Å². The minimum absolute atomic E-state index is 0.0629. The molecule has 3 aromatic rings. The summed E-state index contributed by atoms with van der Waals surface area (Å²) in [6, 6.07) is 8.37.